The van der Waals surface area contributed by atoms with Gasteiger partial charge in [0.1, 0.15) is 0 Å². The minimum Gasteiger partial charge on any atom is -0.481 e. The number of carboxylic acids is 1. The van der Waals surface area contributed by atoms with Crippen molar-refractivity contribution in [1.29, 1.82) is 0 Å². The van der Waals surface area contributed by atoms with E-state index >= 15 is 0 Å². The van der Waals surface area contributed by atoms with E-state index in [0.29, 0.717) is 6.42 Å². The van der Waals surface area contributed by atoms with Crippen LogP contribution in [0.15, 0.2) is 28.7 Å². The van der Waals surface area contributed by atoms with Gasteiger partial charge in [0.05, 0.1) is 5.92 Å². The van der Waals surface area contributed by atoms with Crippen LogP contribution in [0, 0.1) is 11.3 Å². The monoisotopic (exact) mass is 326 g/mol. The van der Waals surface area contributed by atoms with Gasteiger partial charge in [-0.2, -0.15) is 0 Å². The van der Waals surface area contributed by atoms with Crippen LogP contribution in [0.2, 0.25) is 0 Å². The van der Waals surface area contributed by atoms with Crippen molar-refractivity contribution in [2.24, 2.45) is 11.3 Å². The average Bonchev–Trinajstić information content (AvgIpc) is 2.28. The van der Waals surface area contributed by atoms with Crippen molar-refractivity contribution in [3.63, 3.8) is 0 Å². The molecule has 1 N–H and O–H groups in total. The first-order valence-corrected chi connectivity index (χ1v) is 7.54. The van der Waals surface area contributed by atoms with Gasteiger partial charge in [-0.15, -0.1) is 0 Å². The molecular weight excluding hydrogens is 304 g/mol. The van der Waals surface area contributed by atoms with Crippen molar-refractivity contribution < 1.29 is 9.90 Å². The van der Waals surface area contributed by atoms with E-state index in [9.17, 15) is 9.90 Å². The minimum absolute atomic E-state index is 0.275. The molecule has 0 fully saturated rings. The summed E-state index contributed by atoms with van der Waals surface area (Å²) < 4.78 is 1.02. The van der Waals surface area contributed by atoms with E-state index in [1.54, 1.807) is 0 Å². The Labute approximate surface area is 124 Å². The molecule has 0 amide bonds. The zero-order valence-corrected chi connectivity index (χ0v) is 13.5. The third-order valence-electron chi connectivity index (χ3n) is 3.22. The Bertz CT molecular complexity index is 404. The molecule has 1 atom stereocenters. The Morgan fingerprint density at radius 2 is 1.84 bits per heavy atom. The molecule has 0 aromatic heterocycles. The van der Waals surface area contributed by atoms with Gasteiger partial charge in [0.15, 0.2) is 0 Å². The lowest BCUT2D eigenvalue weighted by Crippen LogP contribution is -2.17. The van der Waals surface area contributed by atoms with E-state index in [1.165, 1.54) is 0 Å². The van der Waals surface area contributed by atoms with Crippen molar-refractivity contribution in [3.8, 4) is 0 Å². The fourth-order valence-electron chi connectivity index (χ4n) is 2.10. The lowest BCUT2D eigenvalue weighted by molar-refractivity contribution is -0.142. The first kappa shape index (κ1) is 16.2. The molecule has 0 aliphatic carbocycles. The lowest BCUT2D eigenvalue weighted by Gasteiger charge is -2.19. The highest BCUT2D eigenvalue weighted by Crippen LogP contribution is 2.25. The van der Waals surface area contributed by atoms with Gasteiger partial charge in [-0.05, 0) is 42.4 Å². The van der Waals surface area contributed by atoms with Crippen LogP contribution in [0.3, 0.4) is 0 Å². The van der Waals surface area contributed by atoms with Crippen molar-refractivity contribution in [2.45, 2.75) is 46.5 Å². The summed E-state index contributed by atoms with van der Waals surface area (Å²) in [6.45, 7) is 6.58. The summed E-state index contributed by atoms with van der Waals surface area (Å²) in [5.41, 5.74) is 1.37. The van der Waals surface area contributed by atoms with Gasteiger partial charge in [0.2, 0.25) is 0 Å². The van der Waals surface area contributed by atoms with Gasteiger partial charge < -0.3 is 5.11 Å². The highest BCUT2D eigenvalue weighted by atomic mass is 79.9. The summed E-state index contributed by atoms with van der Waals surface area (Å²) in [7, 11) is 0. The molecule has 0 bridgehead atoms. The topological polar surface area (TPSA) is 37.3 Å². The smallest absolute Gasteiger partial charge is 0.306 e. The number of carbonyl (C=O) groups is 1. The molecular formula is C16H23BrO2. The number of aliphatic carboxylic acids is 1. The number of carboxylic acid groups (broad SMARTS) is 1. The van der Waals surface area contributed by atoms with Crippen molar-refractivity contribution >= 4 is 21.9 Å². The van der Waals surface area contributed by atoms with Gasteiger partial charge in [0.25, 0.3) is 0 Å². The Morgan fingerprint density at radius 1 is 1.26 bits per heavy atom. The number of hydrogen-bond donors (Lipinski definition) is 1. The SMILES string of the molecule is CC(C)(C)CCCC(Cc1ccc(Br)cc1)C(=O)O. The first-order valence-electron chi connectivity index (χ1n) is 6.75. The Kier molecular flexibility index (Phi) is 6.05. The number of hydrogen-bond acceptors (Lipinski definition) is 1. The zero-order valence-electron chi connectivity index (χ0n) is 11.9. The molecule has 1 unspecified atom stereocenters. The van der Waals surface area contributed by atoms with E-state index in [0.717, 1.165) is 29.3 Å². The number of rotatable bonds is 6. The van der Waals surface area contributed by atoms with Crippen LogP contribution in [-0.4, -0.2) is 11.1 Å². The molecule has 1 aromatic carbocycles. The van der Waals surface area contributed by atoms with E-state index in [-0.39, 0.29) is 11.3 Å². The fraction of sp³-hybridized carbons (Fsp3) is 0.562. The van der Waals surface area contributed by atoms with Gasteiger partial charge in [0, 0.05) is 4.47 Å². The molecule has 0 saturated carbocycles. The Hall–Kier alpha value is -0.830. The average molecular weight is 327 g/mol. The largest absolute Gasteiger partial charge is 0.481 e. The van der Waals surface area contributed by atoms with E-state index < -0.39 is 5.97 Å². The second kappa shape index (κ2) is 7.09. The van der Waals surface area contributed by atoms with Gasteiger partial charge >= 0.3 is 5.97 Å². The lowest BCUT2D eigenvalue weighted by atomic mass is 9.86. The third-order valence-corrected chi connectivity index (χ3v) is 3.75. The molecule has 106 valence electrons. The molecule has 0 aliphatic rings. The summed E-state index contributed by atoms with van der Waals surface area (Å²) in [6, 6.07) is 7.90. The van der Waals surface area contributed by atoms with Crippen LogP contribution >= 0.6 is 15.9 Å². The van der Waals surface area contributed by atoms with Crippen molar-refractivity contribution in [2.75, 3.05) is 0 Å². The normalized spacial score (nSPS) is 13.3. The molecule has 1 aromatic rings. The summed E-state index contributed by atoms with van der Waals surface area (Å²) in [5.74, 6) is -0.958. The molecule has 0 saturated heterocycles. The second-order valence-electron chi connectivity index (χ2n) is 6.32. The first-order chi connectivity index (χ1) is 8.78. The van der Waals surface area contributed by atoms with E-state index in [1.807, 2.05) is 24.3 Å². The highest BCUT2D eigenvalue weighted by Gasteiger charge is 2.19. The fourth-order valence-corrected chi connectivity index (χ4v) is 2.36. The summed E-state index contributed by atoms with van der Waals surface area (Å²) in [4.78, 5) is 11.3. The predicted molar refractivity (Wildman–Crippen MR) is 82.3 cm³/mol. The van der Waals surface area contributed by atoms with Gasteiger partial charge in [-0.1, -0.05) is 55.3 Å². The standard InChI is InChI=1S/C16H23BrO2/c1-16(2,3)10-4-5-13(15(18)19)11-12-6-8-14(17)9-7-12/h6-9,13H,4-5,10-11H2,1-3H3,(H,18,19). The van der Waals surface area contributed by atoms with E-state index in [4.69, 9.17) is 0 Å². The molecule has 0 radical (unpaired) electrons. The van der Waals surface area contributed by atoms with Crippen LogP contribution in [-0.2, 0) is 11.2 Å². The Balaban J connectivity index is 2.53. The minimum atomic E-state index is -0.683. The maximum absolute atomic E-state index is 11.3. The third kappa shape index (κ3) is 6.76. The molecule has 0 spiro atoms. The predicted octanol–water partition coefficient (Wildman–Crippen LogP) is 4.91. The van der Waals surface area contributed by atoms with Crippen LogP contribution in [0.4, 0.5) is 0 Å². The maximum atomic E-state index is 11.3. The summed E-state index contributed by atoms with van der Waals surface area (Å²) in [5, 5.41) is 9.31. The van der Waals surface area contributed by atoms with Crippen molar-refractivity contribution in [3.05, 3.63) is 34.3 Å². The van der Waals surface area contributed by atoms with Crippen LogP contribution in [0.5, 0.6) is 0 Å². The summed E-state index contributed by atoms with van der Waals surface area (Å²) >= 11 is 3.39. The summed E-state index contributed by atoms with van der Waals surface area (Å²) in [6.07, 6.45) is 3.41. The van der Waals surface area contributed by atoms with Crippen LogP contribution < -0.4 is 0 Å². The quantitative estimate of drug-likeness (QED) is 0.806. The molecule has 1 rings (SSSR count). The van der Waals surface area contributed by atoms with Gasteiger partial charge in [-0.3, -0.25) is 4.79 Å². The molecule has 2 nitrogen and oxygen atoms in total. The van der Waals surface area contributed by atoms with Gasteiger partial charge in [-0.25, -0.2) is 0 Å². The van der Waals surface area contributed by atoms with Crippen LogP contribution in [0.25, 0.3) is 0 Å². The van der Waals surface area contributed by atoms with Crippen molar-refractivity contribution in [1.82, 2.24) is 0 Å². The van der Waals surface area contributed by atoms with E-state index in [2.05, 4.69) is 36.7 Å². The maximum Gasteiger partial charge on any atom is 0.306 e. The number of benzene rings is 1. The number of halogens is 1. The molecule has 3 heteroatoms. The zero-order chi connectivity index (χ0) is 14.5. The highest BCUT2D eigenvalue weighted by molar-refractivity contribution is 9.10. The Morgan fingerprint density at radius 3 is 2.32 bits per heavy atom. The van der Waals surface area contributed by atoms with Crippen LogP contribution in [0.1, 0.15) is 45.6 Å². The molecule has 19 heavy (non-hydrogen) atoms. The second-order valence-corrected chi connectivity index (χ2v) is 7.23. The molecule has 0 aliphatic heterocycles. The molecule has 0 heterocycles.